The number of aromatic nitrogens is 3. The fraction of sp³-hybridized carbons (Fsp3) is 0.333. The minimum absolute atomic E-state index is 0.186. The molecule has 0 fully saturated rings. The van der Waals surface area contributed by atoms with Gasteiger partial charge in [-0.3, -0.25) is 0 Å². The topological polar surface area (TPSA) is 60.2 Å². The Kier molecular flexibility index (Phi) is 5.18. The van der Waals surface area contributed by atoms with Crippen molar-refractivity contribution < 1.29 is 9.84 Å². The van der Waals surface area contributed by atoms with Crippen LogP contribution < -0.4 is 4.74 Å². The van der Waals surface area contributed by atoms with Crippen molar-refractivity contribution in [2.75, 3.05) is 6.61 Å². The Bertz CT molecular complexity index is 518. The summed E-state index contributed by atoms with van der Waals surface area (Å²) in [5.41, 5.74) is 0.825. The first-order valence-electron chi connectivity index (χ1n) is 5.69. The maximum absolute atomic E-state index is 9.85. The predicted octanol–water partition coefficient (Wildman–Crippen LogP) is 2.27. The Morgan fingerprint density at radius 2 is 2.11 bits per heavy atom. The van der Waals surface area contributed by atoms with Gasteiger partial charge < -0.3 is 9.84 Å². The lowest BCUT2D eigenvalue weighted by molar-refractivity contribution is 0.0888. The number of rotatable bonds is 6. The fourth-order valence-corrected chi connectivity index (χ4v) is 1.86. The van der Waals surface area contributed by atoms with E-state index in [1.165, 1.54) is 0 Å². The third kappa shape index (κ3) is 4.49. The van der Waals surface area contributed by atoms with Gasteiger partial charge in [0.05, 0.1) is 12.2 Å². The Morgan fingerprint density at radius 3 is 2.74 bits per heavy atom. The largest absolute Gasteiger partial charge is 0.491 e. The first-order chi connectivity index (χ1) is 9.17. The molecule has 0 aliphatic carbocycles. The van der Waals surface area contributed by atoms with Crippen molar-refractivity contribution in [2.45, 2.75) is 18.0 Å². The van der Waals surface area contributed by atoms with Gasteiger partial charge in [-0.15, -0.1) is 5.10 Å². The number of hydrogen-bond donors (Lipinski definition) is 1. The Labute approximate surface area is 124 Å². The van der Waals surface area contributed by atoms with E-state index in [1.807, 2.05) is 0 Å². The maximum atomic E-state index is 9.85. The summed E-state index contributed by atoms with van der Waals surface area (Å²) in [5, 5.41) is 19.0. The summed E-state index contributed by atoms with van der Waals surface area (Å²) in [6.07, 6.45) is 1.13. The van der Waals surface area contributed by atoms with E-state index < -0.39 is 6.10 Å². The predicted molar refractivity (Wildman–Crippen MR) is 75.6 cm³/mol. The van der Waals surface area contributed by atoms with Crippen molar-refractivity contribution >= 4 is 27.5 Å². The number of halogens is 2. The normalized spacial score (nSPS) is 12.4. The molecule has 0 aliphatic rings. The van der Waals surface area contributed by atoms with Crippen LogP contribution in [0.5, 0.6) is 5.75 Å². The van der Waals surface area contributed by atoms with Crippen LogP contribution in [0.1, 0.15) is 5.69 Å². The molecule has 1 heterocycles. The molecule has 0 saturated carbocycles. The zero-order chi connectivity index (χ0) is 13.7. The van der Waals surface area contributed by atoms with Gasteiger partial charge in [0, 0.05) is 16.5 Å². The number of benzene rings is 1. The molecule has 0 amide bonds. The van der Waals surface area contributed by atoms with Gasteiger partial charge >= 0.3 is 0 Å². The van der Waals surface area contributed by atoms with Crippen molar-refractivity contribution in [3.05, 3.63) is 41.2 Å². The van der Waals surface area contributed by atoms with E-state index in [9.17, 15) is 5.11 Å². The molecule has 0 saturated heterocycles. The van der Waals surface area contributed by atoms with Gasteiger partial charge in [0.15, 0.2) is 0 Å². The van der Waals surface area contributed by atoms with Crippen LogP contribution >= 0.6 is 27.5 Å². The summed E-state index contributed by atoms with van der Waals surface area (Å²) in [6.45, 7) is 0.527. The second-order valence-corrected chi connectivity index (χ2v) is 4.98. The van der Waals surface area contributed by atoms with E-state index in [4.69, 9.17) is 16.3 Å². The Balaban J connectivity index is 1.81. The van der Waals surface area contributed by atoms with E-state index in [2.05, 4.69) is 26.2 Å². The summed E-state index contributed by atoms with van der Waals surface area (Å²) < 4.78 is 7.04. The molecule has 0 spiro atoms. The third-order valence-electron chi connectivity index (χ3n) is 2.38. The summed E-state index contributed by atoms with van der Waals surface area (Å²) >= 11 is 9.06. The quantitative estimate of drug-likeness (QED) is 0.815. The van der Waals surface area contributed by atoms with Crippen LogP contribution in [0.15, 0.2) is 30.5 Å². The third-order valence-corrected chi connectivity index (χ3v) is 3.20. The Morgan fingerprint density at radius 1 is 1.37 bits per heavy atom. The molecular formula is C12H13BrClN3O2. The fourth-order valence-electron chi connectivity index (χ4n) is 1.48. The molecule has 1 aromatic heterocycles. The van der Waals surface area contributed by atoms with Crippen LogP contribution in [0.2, 0.25) is 5.02 Å². The van der Waals surface area contributed by atoms with Crippen LogP contribution in [0.3, 0.4) is 0 Å². The van der Waals surface area contributed by atoms with E-state index in [1.54, 1.807) is 35.1 Å². The summed E-state index contributed by atoms with van der Waals surface area (Å²) in [6, 6.07) is 6.99. The molecule has 1 unspecified atom stereocenters. The van der Waals surface area contributed by atoms with Gasteiger partial charge in [0.25, 0.3) is 0 Å². The smallest absolute Gasteiger partial charge is 0.119 e. The highest BCUT2D eigenvalue weighted by atomic mass is 79.9. The van der Waals surface area contributed by atoms with Crippen molar-refractivity contribution in [3.8, 4) is 5.75 Å². The highest BCUT2D eigenvalue weighted by molar-refractivity contribution is 9.08. The molecule has 1 N–H and O–H groups in total. The number of aliphatic hydroxyl groups is 1. The highest BCUT2D eigenvalue weighted by Gasteiger charge is 2.08. The monoisotopic (exact) mass is 345 g/mol. The van der Waals surface area contributed by atoms with E-state index >= 15 is 0 Å². The average Bonchev–Trinajstić information content (AvgIpc) is 2.86. The Hall–Kier alpha value is -1.11. The molecule has 19 heavy (non-hydrogen) atoms. The average molecular weight is 347 g/mol. The molecule has 102 valence electrons. The molecule has 1 aromatic carbocycles. The number of ether oxygens (including phenoxy) is 1. The van der Waals surface area contributed by atoms with Crippen molar-refractivity contribution in [2.24, 2.45) is 0 Å². The molecule has 1 atom stereocenters. The summed E-state index contributed by atoms with van der Waals surface area (Å²) in [4.78, 5) is 0. The SMILES string of the molecule is OC(COc1ccc(Cl)cc1)Cn1cc(CBr)nn1. The zero-order valence-electron chi connectivity index (χ0n) is 10.0. The first-order valence-corrected chi connectivity index (χ1v) is 7.18. The van der Waals surface area contributed by atoms with Crippen molar-refractivity contribution in [3.63, 3.8) is 0 Å². The second-order valence-electron chi connectivity index (χ2n) is 3.98. The van der Waals surface area contributed by atoms with Gasteiger partial charge in [0.2, 0.25) is 0 Å². The molecular weight excluding hydrogens is 334 g/mol. The number of aliphatic hydroxyl groups excluding tert-OH is 1. The van der Waals surface area contributed by atoms with E-state index in [0.717, 1.165) is 5.69 Å². The molecule has 7 heteroatoms. The number of alkyl halides is 1. The summed E-state index contributed by atoms with van der Waals surface area (Å²) in [5.74, 6) is 0.670. The van der Waals surface area contributed by atoms with Crippen LogP contribution in [0.25, 0.3) is 0 Å². The maximum Gasteiger partial charge on any atom is 0.119 e. The first kappa shape index (κ1) is 14.3. The van der Waals surface area contributed by atoms with Crippen LogP contribution in [-0.4, -0.2) is 32.8 Å². The van der Waals surface area contributed by atoms with Gasteiger partial charge in [0.1, 0.15) is 18.5 Å². The number of nitrogens with zero attached hydrogens (tertiary/aromatic N) is 3. The van der Waals surface area contributed by atoms with Gasteiger partial charge in [-0.25, -0.2) is 4.68 Å². The lowest BCUT2D eigenvalue weighted by Gasteiger charge is -2.12. The number of hydrogen-bond acceptors (Lipinski definition) is 4. The minimum Gasteiger partial charge on any atom is -0.491 e. The highest BCUT2D eigenvalue weighted by Crippen LogP contribution is 2.15. The summed E-state index contributed by atoms with van der Waals surface area (Å²) in [7, 11) is 0. The van der Waals surface area contributed by atoms with Crippen molar-refractivity contribution in [1.82, 2.24) is 15.0 Å². The molecule has 0 aliphatic heterocycles. The van der Waals surface area contributed by atoms with E-state index in [0.29, 0.717) is 22.6 Å². The molecule has 5 nitrogen and oxygen atoms in total. The van der Waals surface area contributed by atoms with Gasteiger partial charge in [-0.2, -0.15) is 0 Å². The zero-order valence-corrected chi connectivity index (χ0v) is 12.4. The van der Waals surface area contributed by atoms with Crippen molar-refractivity contribution in [1.29, 1.82) is 0 Å². The lowest BCUT2D eigenvalue weighted by Crippen LogP contribution is -2.23. The standard InChI is InChI=1S/C12H13BrClN3O2/c13-5-10-6-17(16-15-10)7-11(18)8-19-12-3-1-9(14)2-4-12/h1-4,6,11,18H,5,7-8H2. The van der Waals surface area contributed by atoms with Crippen LogP contribution in [-0.2, 0) is 11.9 Å². The second kappa shape index (κ2) is 6.88. The van der Waals surface area contributed by atoms with Crippen LogP contribution in [0.4, 0.5) is 0 Å². The molecule has 2 aromatic rings. The molecule has 0 bridgehead atoms. The molecule has 2 rings (SSSR count). The van der Waals surface area contributed by atoms with Crippen LogP contribution in [0, 0.1) is 0 Å². The van der Waals surface area contributed by atoms with Gasteiger partial charge in [-0.1, -0.05) is 32.7 Å². The minimum atomic E-state index is -0.652. The van der Waals surface area contributed by atoms with E-state index in [-0.39, 0.29) is 6.61 Å². The van der Waals surface area contributed by atoms with Gasteiger partial charge in [-0.05, 0) is 24.3 Å². The lowest BCUT2D eigenvalue weighted by atomic mass is 10.3. The molecule has 0 radical (unpaired) electrons.